The average Bonchev–Trinajstić information content (AvgIpc) is 2.98. The molecule has 0 saturated heterocycles. The molecule has 1 aliphatic heterocycles. The Bertz CT molecular complexity index is 1290. The summed E-state index contributed by atoms with van der Waals surface area (Å²) in [5, 5.41) is 32.3. The summed E-state index contributed by atoms with van der Waals surface area (Å²) in [6.07, 6.45) is 0. The third-order valence-corrected chi connectivity index (χ3v) is 7.33. The van der Waals surface area contributed by atoms with Gasteiger partial charge < -0.3 is 39.6 Å². The molecule has 0 saturated carbocycles. The fraction of sp³-hybridized carbons (Fsp3) is 0.419. The number of rotatable bonds is 13. The van der Waals surface area contributed by atoms with Gasteiger partial charge in [0, 0.05) is 30.7 Å². The summed E-state index contributed by atoms with van der Waals surface area (Å²) < 4.78 is 23.7. The van der Waals surface area contributed by atoms with Crippen molar-refractivity contribution in [2.75, 3.05) is 39.6 Å². The second kappa shape index (κ2) is 13.6. The zero-order valence-electron chi connectivity index (χ0n) is 23.2. The Balaban J connectivity index is 1.55. The monoisotopic (exact) mass is 571 g/mol. The Morgan fingerprint density at radius 2 is 1.70 bits per heavy atom. The molecule has 1 heterocycles. The predicted octanol–water partition coefficient (Wildman–Crippen LogP) is 4.51. The fourth-order valence-electron chi connectivity index (χ4n) is 4.23. The topological polar surface area (TPSA) is 110 Å². The summed E-state index contributed by atoms with van der Waals surface area (Å²) >= 11 is 6.64. The van der Waals surface area contributed by atoms with E-state index in [0.29, 0.717) is 49.5 Å². The van der Waals surface area contributed by atoms with E-state index >= 15 is 0 Å². The van der Waals surface area contributed by atoms with Gasteiger partial charge in [0.2, 0.25) is 0 Å². The van der Waals surface area contributed by atoms with Gasteiger partial charge in [0.15, 0.2) is 11.5 Å². The number of benzene rings is 3. The number of nitrogens with one attached hydrogen (secondary N) is 1. The maximum absolute atomic E-state index is 9.65. The van der Waals surface area contributed by atoms with Crippen LogP contribution in [0.3, 0.4) is 0 Å². The fourth-order valence-corrected chi connectivity index (χ4v) is 4.47. The SMILES string of the molecule is Cc1c(COc2cc(OCC(C)CO)c(CNC(C)(CO)CO)cc2Cl)cccc1-c1ccc2c(c1)OCCO2. The molecule has 4 rings (SSSR count). The highest BCUT2D eigenvalue weighted by Crippen LogP contribution is 2.37. The third kappa shape index (κ3) is 7.19. The van der Waals surface area contributed by atoms with Crippen molar-refractivity contribution >= 4 is 11.6 Å². The predicted molar refractivity (Wildman–Crippen MR) is 155 cm³/mol. The van der Waals surface area contributed by atoms with Crippen LogP contribution in [0.5, 0.6) is 23.0 Å². The van der Waals surface area contributed by atoms with Gasteiger partial charge in [-0.15, -0.1) is 0 Å². The van der Waals surface area contributed by atoms with Crippen LogP contribution in [-0.4, -0.2) is 60.5 Å². The van der Waals surface area contributed by atoms with Gasteiger partial charge >= 0.3 is 0 Å². The molecule has 216 valence electrons. The first-order valence-corrected chi connectivity index (χ1v) is 13.8. The molecule has 1 aliphatic rings. The van der Waals surface area contributed by atoms with Crippen LogP contribution in [0.25, 0.3) is 11.1 Å². The maximum Gasteiger partial charge on any atom is 0.161 e. The van der Waals surface area contributed by atoms with Crippen molar-refractivity contribution in [2.24, 2.45) is 5.92 Å². The van der Waals surface area contributed by atoms with Crippen molar-refractivity contribution in [3.05, 3.63) is 70.2 Å². The van der Waals surface area contributed by atoms with Crippen LogP contribution in [0.2, 0.25) is 5.02 Å². The minimum Gasteiger partial charge on any atom is -0.493 e. The molecule has 0 fully saturated rings. The third-order valence-electron chi connectivity index (χ3n) is 7.04. The van der Waals surface area contributed by atoms with Crippen LogP contribution in [0.1, 0.15) is 30.5 Å². The first kappa shape index (κ1) is 30.0. The summed E-state index contributed by atoms with van der Waals surface area (Å²) in [6, 6.07) is 15.6. The van der Waals surface area contributed by atoms with Gasteiger partial charge in [-0.3, -0.25) is 0 Å². The Kier molecular flexibility index (Phi) is 10.2. The minimum absolute atomic E-state index is 0.00336. The Morgan fingerprint density at radius 1 is 0.950 bits per heavy atom. The molecule has 0 bridgehead atoms. The summed E-state index contributed by atoms with van der Waals surface area (Å²) in [6.45, 7) is 7.18. The van der Waals surface area contributed by atoms with Crippen LogP contribution < -0.4 is 24.3 Å². The molecule has 0 amide bonds. The molecule has 9 heteroatoms. The van der Waals surface area contributed by atoms with Gasteiger partial charge in [0.1, 0.15) is 31.3 Å². The highest BCUT2D eigenvalue weighted by molar-refractivity contribution is 6.32. The number of halogens is 1. The van der Waals surface area contributed by atoms with Gasteiger partial charge in [-0.2, -0.15) is 0 Å². The van der Waals surface area contributed by atoms with E-state index in [1.54, 1.807) is 19.1 Å². The second-order valence-electron chi connectivity index (χ2n) is 10.5. The number of fused-ring (bicyclic) bond motifs is 1. The van der Waals surface area contributed by atoms with Crippen molar-refractivity contribution in [2.45, 2.75) is 39.5 Å². The quantitative estimate of drug-likeness (QED) is 0.237. The zero-order chi connectivity index (χ0) is 28.7. The normalized spacial score (nSPS) is 13.7. The molecular weight excluding hydrogens is 534 g/mol. The van der Waals surface area contributed by atoms with Crippen molar-refractivity contribution in [1.82, 2.24) is 5.32 Å². The number of aliphatic hydroxyl groups excluding tert-OH is 3. The maximum atomic E-state index is 9.65. The Hall–Kier alpha value is -3.01. The molecule has 8 nitrogen and oxygen atoms in total. The number of ether oxygens (including phenoxy) is 4. The highest BCUT2D eigenvalue weighted by atomic mass is 35.5. The van der Waals surface area contributed by atoms with E-state index in [4.69, 9.17) is 30.5 Å². The molecule has 1 atom stereocenters. The summed E-state index contributed by atoms with van der Waals surface area (Å²) in [7, 11) is 0. The summed E-state index contributed by atoms with van der Waals surface area (Å²) in [4.78, 5) is 0. The minimum atomic E-state index is -0.864. The lowest BCUT2D eigenvalue weighted by molar-refractivity contribution is 0.102. The molecule has 3 aromatic carbocycles. The van der Waals surface area contributed by atoms with Gasteiger partial charge in [-0.25, -0.2) is 0 Å². The molecule has 0 aromatic heterocycles. The molecule has 40 heavy (non-hydrogen) atoms. The number of aliphatic hydroxyl groups is 3. The second-order valence-corrected chi connectivity index (χ2v) is 10.9. The van der Waals surface area contributed by atoms with E-state index in [1.165, 1.54) is 0 Å². The van der Waals surface area contributed by atoms with Crippen molar-refractivity contribution in [3.8, 4) is 34.1 Å². The lowest BCUT2D eigenvalue weighted by Crippen LogP contribution is -2.48. The lowest BCUT2D eigenvalue weighted by atomic mass is 9.96. The Labute approximate surface area is 240 Å². The van der Waals surface area contributed by atoms with Crippen LogP contribution >= 0.6 is 11.6 Å². The highest BCUT2D eigenvalue weighted by Gasteiger charge is 2.23. The van der Waals surface area contributed by atoms with Gasteiger partial charge in [0.05, 0.1) is 30.4 Å². The zero-order valence-corrected chi connectivity index (χ0v) is 24.0. The van der Waals surface area contributed by atoms with Gasteiger partial charge in [-0.05, 0) is 54.3 Å². The van der Waals surface area contributed by atoms with E-state index in [9.17, 15) is 15.3 Å². The van der Waals surface area contributed by atoms with E-state index in [-0.39, 0.29) is 25.7 Å². The average molecular weight is 572 g/mol. The smallest absolute Gasteiger partial charge is 0.161 e. The molecular formula is C31H38ClNO7. The van der Waals surface area contributed by atoms with Crippen LogP contribution in [-0.2, 0) is 13.2 Å². The Morgan fingerprint density at radius 3 is 2.42 bits per heavy atom. The van der Waals surface area contributed by atoms with Gasteiger partial charge in [0.25, 0.3) is 0 Å². The molecule has 3 aromatic rings. The van der Waals surface area contributed by atoms with Crippen LogP contribution in [0.15, 0.2) is 48.5 Å². The first-order valence-electron chi connectivity index (χ1n) is 13.4. The van der Waals surface area contributed by atoms with Crippen LogP contribution in [0.4, 0.5) is 0 Å². The lowest BCUT2D eigenvalue weighted by Gasteiger charge is -2.27. The van der Waals surface area contributed by atoms with E-state index in [1.807, 2.05) is 37.3 Å². The molecule has 0 radical (unpaired) electrons. The molecule has 0 aliphatic carbocycles. The standard InChI is InChI=1S/C31H38ClNO7/c1-20(15-34)16-39-28-13-29(26(32)11-24(28)14-33-31(3,18-35)19-36)40-17-23-5-4-6-25(21(23)2)22-7-8-27-30(12-22)38-10-9-37-27/h4-8,11-13,20,33-36H,9-10,14-19H2,1-3H3. The largest absolute Gasteiger partial charge is 0.493 e. The van der Waals surface area contributed by atoms with E-state index < -0.39 is 5.54 Å². The van der Waals surface area contributed by atoms with Crippen molar-refractivity contribution in [1.29, 1.82) is 0 Å². The van der Waals surface area contributed by atoms with Crippen molar-refractivity contribution in [3.63, 3.8) is 0 Å². The van der Waals surface area contributed by atoms with E-state index in [0.717, 1.165) is 39.3 Å². The summed E-state index contributed by atoms with van der Waals surface area (Å²) in [5.41, 5.74) is 4.07. The van der Waals surface area contributed by atoms with Gasteiger partial charge in [-0.1, -0.05) is 42.8 Å². The molecule has 4 N–H and O–H groups in total. The van der Waals surface area contributed by atoms with E-state index in [2.05, 4.69) is 18.3 Å². The molecule has 1 unspecified atom stereocenters. The number of hydrogen-bond acceptors (Lipinski definition) is 8. The van der Waals surface area contributed by atoms with Crippen molar-refractivity contribution < 1.29 is 34.3 Å². The summed E-state index contributed by atoms with van der Waals surface area (Å²) in [5.74, 6) is 2.45. The number of hydrogen-bond donors (Lipinski definition) is 4. The molecule has 0 spiro atoms. The first-order chi connectivity index (χ1) is 19.3. The van der Waals surface area contributed by atoms with Crippen LogP contribution in [0, 0.1) is 12.8 Å².